The van der Waals surface area contributed by atoms with Crippen molar-refractivity contribution in [3.05, 3.63) is 47.5 Å². The maximum Gasteiger partial charge on any atom is 0.134 e. The molecule has 3 heteroatoms. The van der Waals surface area contributed by atoms with Crippen LogP contribution >= 0.6 is 0 Å². The van der Waals surface area contributed by atoms with Crippen LogP contribution in [0.3, 0.4) is 0 Å². The van der Waals surface area contributed by atoms with Crippen LogP contribution in [0.15, 0.2) is 34.7 Å². The molecule has 1 N–H and O–H groups in total. The van der Waals surface area contributed by atoms with Crippen molar-refractivity contribution >= 4 is 0 Å². The van der Waals surface area contributed by atoms with Gasteiger partial charge in [0.05, 0.1) is 0 Å². The van der Waals surface area contributed by atoms with Gasteiger partial charge in [-0.05, 0) is 49.7 Å². The van der Waals surface area contributed by atoms with Crippen LogP contribution in [0.5, 0.6) is 0 Å². The average Bonchev–Trinajstić information content (AvgIpc) is 2.64. The molecule has 0 aliphatic heterocycles. The summed E-state index contributed by atoms with van der Waals surface area (Å²) >= 11 is 0. The third-order valence-corrected chi connectivity index (χ3v) is 2.37. The van der Waals surface area contributed by atoms with Crippen LogP contribution < -0.4 is 0 Å². The van der Waals surface area contributed by atoms with Gasteiger partial charge in [0.1, 0.15) is 23.4 Å². The predicted octanol–water partition coefficient (Wildman–Crippen LogP) is 3.45. The lowest BCUT2D eigenvalue weighted by Gasteiger charge is -2.01. The zero-order valence-corrected chi connectivity index (χ0v) is 9.20. The van der Waals surface area contributed by atoms with Crippen molar-refractivity contribution in [3.8, 4) is 11.3 Å². The number of furan rings is 1. The number of halogens is 1. The quantitative estimate of drug-likeness (QED) is 0.840. The summed E-state index contributed by atoms with van der Waals surface area (Å²) in [4.78, 5) is 0. The highest BCUT2D eigenvalue weighted by molar-refractivity contribution is 5.58. The van der Waals surface area contributed by atoms with Crippen molar-refractivity contribution < 1.29 is 13.9 Å². The number of aryl methyl sites for hydroxylation is 1. The molecule has 2 nitrogen and oxygen atoms in total. The van der Waals surface area contributed by atoms with E-state index in [2.05, 4.69) is 0 Å². The van der Waals surface area contributed by atoms with E-state index in [-0.39, 0.29) is 5.82 Å². The largest absolute Gasteiger partial charge is 0.458 e. The molecule has 0 saturated carbocycles. The predicted molar refractivity (Wildman–Crippen MR) is 59.5 cm³/mol. The Morgan fingerprint density at radius 2 is 2.00 bits per heavy atom. The van der Waals surface area contributed by atoms with Crippen LogP contribution in [0, 0.1) is 12.7 Å². The van der Waals surface area contributed by atoms with Crippen molar-refractivity contribution in [1.82, 2.24) is 0 Å². The molecule has 0 aliphatic carbocycles. The molecule has 0 bridgehead atoms. The van der Waals surface area contributed by atoms with E-state index in [0.717, 1.165) is 5.56 Å². The second-order valence-electron chi connectivity index (χ2n) is 3.90. The third-order valence-electron chi connectivity index (χ3n) is 2.37. The summed E-state index contributed by atoms with van der Waals surface area (Å²) in [7, 11) is 0. The first-order valence-electron chi connectivity index (χ1n) is 5.11. The zero-order chi connectivity index (χ0) is 11.7. The molecule has 1 unspecified atom stereocenters. The maximum absolute atomic E-state index is 13.2. The first kappa shape index (κ1) is 10.9. The maximum atomic E-state index is 13.2. The number of aliphatic hydroxyl groups excluding tert-OH is 1. The smallest absolute Gasteiger partial charge is 0.134 e. The van der Waals surface area contributed by atoms with Crippen molar-refractivity contribution in [2.75, 3.05) is 0 Å². The number of aliphatic hydroxyl groups is 1. The fraction of sp³-hybridized carbons (Fsp3) is 0.231. The lowest BCUT2D eigenvalue weighted by atomic mass is 10.1. The average molecular weight is 220 g/mol. The van der Waals surface area contributed by atoms with Gasteiger partial charge in [0.25, 0.3) is 0 Å². The SMILES string of the molecule is Cc1cc(F)cc(-c2ccc(C(C)O)o2)c1. The van der Waals surface area contributed by atoms with Crippen LogP contribution in [-0.2, 0) is 0 Å². The van der Waals surface area contributed by atoms with Gasteiger partial charge in [0.2, 0.25) is 0 Å². The van der Waals surface area contributed by atoms with Gasteiger partial charge in [-0.25, -0.2) is 4.39 Å². The van der Waals surface area contributed by atoms with Gasteiger partial charge in [0.15, 0.2) is 0 Å². The molecule has 0 spiro atoms. The first-order valence-corrected chi connectivity index (χ1v) is 5.11. The van der Waals surface area contributed by atoms with Crippen LogP contribution in [0.1, 0.15) is 24.4 Å². The van der Waals surface area contributed by atoms with E-state index in [4.69, 9.17) is 4.42 Å². The Morgan fingerprint density at radius 1 is 1.25 bits per heavy atom. The summed E-state index contributed by atoms with van der Waals surface area (Å²) in [6, 6.07) is 8.14. The molecule has 0 saturated heterocycles. The molecule has 84 valence electrons. The fourth-order valence-corrected chi connectivity index (χ4v) is 1.61. The van der Waals surface area contributed by atoms with Crippen LogP contribution in [0.25, 0.3) is 11.3 Å². The molecule has 2 aromatic rings. The van der Waals surface area contributed by atoms with Gasteiger partial charge in [-0.1, -0.05) is 0 Å². The molecular formula is C13H13FO2. The van der Waals surface area contributed by atoms with E-state index in [9.17, 15) is 9.50 Å². The summed E-state index contributed by atoms with van der Waals surface area (Å²) in [6.45, 7) is 3.45. The molecule has 0 amide bonds. The molecule has 1 heterocycles. The van der Waals surface area contributed by atoms with E-state index in [1.165, 1.54) is 12.1 Å². The Labute approximate surface area is 93.3 Å². The number of hydrogen-bond donors (Lipinski definition) is 1. The first-order chi connectivity index (χ1) is 7.56. The van der Waals surface area contributed by atoms with Gasteiger partial charge in [-0.3, -0.25) is 0 Å². The minimum Gasteiger partial charge on any atom is -0.458 e. The van der Waals surface area contributed by atoms with E-state index in [0.29, 0.717) is 17.1 Å². The Hall–Kier alpha value is -1.61. The van der Waals surface area contributed by atoms with Gasteiger partial charge in [0, 0.05) is 5.56 Å². The van der Waals surface area contributed by atoms with Crippen LogP contribution in [0.4, 0.5) is 4.39 Å². The second kappa shape index (κ2) is 4.10. The van der Waals surface area contributed by atoms with Gasteiger partial charge < -0.3 is 9.52 Å². The summed E-state index contributed by atoms with van der Waals surface area (Å²) < 4.78 is 18.6. The van der Waals surface area contributed by atoms with Crippen molar-refractivity contribution in [1.29, 1.82) is 0 Å². The Bertz CT molecular complexity index is 480. The highest BCUT2D eigenvalue weighted by Crippen LogP contribution is 2.26. The highest BCUT2D eigenvalue weighted by atomic mass is 19.1. The standard InChI is InChI=1S/C13H13FO2/c1-8-5-10(7-11(14)6-8)13-4-3-12(16-13)9(2)15/h3-7,9,15H,1-2H3. The molecular weight excluding hydrogens is 207 g/mol. The van der Waals surface area contributed by atoms with E-state index in [1.807, 2.05) is 13.0 Å². The third kappa shape index (κ3) is 2.14. The van der Waals surface area contributed by atoms with Crippen molar-refractivity contribution in [2.45, 2.75) is 20.0 Å². The normalized spacial score (nSPS) is 12.8. The summed E-state index contributed by atoms with van der Waals surface area (Å²) in [5.41, 5.74) is 1.52. The fourth-order valence-electron chi connectivity index (χ4n) is 1.61. The minimum absolute atomic E-state index is 0.287. The molecule has 16 heavy (non-hydrogen) atoms. The molecule has 1 atom stereocenters. The minimum atomic E-state index is -0.650. The monoisotopic (exact) mass is 220 g/mol. The molecule has 2 rings (SSSR count). The summed E-state index contributed by atoms with van der Waals surface area (Å²) in [5.74, 6) is 0.764. The number of benzene rings is 1. The van der Waals surface area contributed by atoms with Crippen LogP contribution in [0.2, 0.25) is 0 Å². The Morgan fingerprint density at radius 3 is 2.56 bits per heavy atom. The molecule has 1 aromatic heterocycles. The van der Waals surface area contributed by atoms with E-state index in [1.54, 1.807) is 19.1 Å². The molecule has 1 aromatic carbocycles. The topological polar surface area (TPSA) is 33.4 Å². The summed E-state index contributed by atoms with van der Waals surface area (Å²) in [5, 5.41) is 9.33. The Balaban J connectivity index is 2.42. The molecule has 0 radical (unpaired) electrons. The number of rotatable bonds is 2. The second-order valence-corrected chi connectivity index (χ2v) is 3.90. The van der Waals surface area contributed by atoms with Crippen molar-refractivity contribution in [2.24, 2.45) is 0 Å². The van der Waals surface area contributed by atoms with Crippen molar-refractivity contribution in [3.63, 3.8) is 0 Å². The number of hydrogen-bond acceptors (Lipinski definition) is 2. The lowest BCUT2D eigenvalue weighted by Crippen LogP contribution is -1.86. The Kier molecular flexibility index (Phi) is 2.79. The lowest BCUT2D eigenvalue weighted by molar-refractivity contribution is 0.170. The van der Waals surface area contributed by atoms with E-state index >= 15 is 0 Å². The summed E-state index contributed by atoms with van der Waals surface area (Å²) in [6.07, 6.45) is -0.650. The van der Waals surface area contributed by atoms with Gasteiger partial charge in [-0.15, -0.1) is 0 Å². The molecule has 0 fully saturated rings. The van der Waals surface area contributed by atoms with Gasteiger partial charge >= 0.3 is 0 Å². The molecule has 0 aliphatic rings. The van der Waals surface area contributed by atoms with Gasteiger partial charge in [-0.2, -0.15) is 0 Å². The zero-order valence-electron chi connectivity index (χ0n) is 9.20. The van der Waals surface area contributed by atoms with E-state index < -0.39 is 6.10 Å². The van der Waals surface area contributed by atoms with Crippen LogP contribution in [-0.4, -0.2) is 5.11 Å². The highest BCUT2D eigenvalue weighted by Gasteiger charge is 2.09.